The quantitative estimate of drug-likeness (QED) is 0.784. The molecule has 3 rings (SSSR count). The summed E-state index contributed by atoms with van der Waals surface area (Å²) in [6, 6.07) is 13.6. The molecular weight excluding hydrogens is 318 g/mol. The van der Waals surface area contributed by atoms with Gasteiger partial charge in [-0.05, 0) is 40.2 Å². The Morgan fingerprint density at radius 1 is 1.10 bits per heavy atom. The van der Waals surface area contributed by atoms with Gasteiger partial charge in [0, 0.05) is 21.6 Å². The maximum Gasteiger partial charge on any atom is 0.141 e. The minimum atomic E-state index is 0.768. The minimum absolute atomic E-state index is 0.768. The smallest absolute Gasteiger partial charge is 0.141 e. The predicted octanol–water partition coefficient (Wildman–Crippen LogP) is 4.14. The Hall–Kier alpha value is -2.14. The van der Waals surface area contributed by atoms with Crippen molar-refractivity contribution in [2.45, 2.75) is 0 Å². The molecule has 0 saturated carbocycles. The zero-order chi connectivity index (χ0) is 13.9. The first-order chi connectivity index (χ1) is 9.78. The van der Waals surface area contributed by atoms with E-state index >= 15 is 0 Å². The molecule has 20 heavy (non-hydrogen) atoms. The molecule has 0 amide bonds. The van der Waals surface area contributed by atoms with E-state index in [1.54, 1.807) is 13.4 Å². The van der Waals surface area contributed by atoms with E-state index < -0.39 is 0 Å². The first kappa shape index (κ1) is 12.9. The van der Waals surface area contributed by atoms with Gasteiger partial charge in [-0.3, -0.25) is 0 Å². The fourth-order valence-electron chi connectivity index (χ4n) is 1.99. The Bertz CT molecular complexity index is 761. The maximum absolute atomic E-state index is 5.22. The highest BCUT2D eigenvalue weighted by molar-refractivity contribution is 9.10. The molecule has 0 spiro atoms. The molecule has 0 atom stereocenters. The number of nitrogens with one attached hydrogen (secondary N) is 1. The van der Waals surface area contributed by atoms with Crippen LogP contribution in [0.5, 0.6) is 5.75 Å². The van der Waals surface area contributed by atoms with E-state index in [0.29, 0.717) is 0 Å². The summed E-state index contributed by atoms with van der Waals surface area (Å²) in [5.74, 6) is 1.57. The predicted molar refractivity (Wildman–Crippen MR) is 83.5 cm³/mol. The fraction of sp³-hybridized carbons (Fsp3) is 0.0667. The summed E-state index contributed by atoms with van der Waals surface area (Å²) in [5, 5.41) is 4.26. The standard InChI is InChI=1S/C15H12BrN3O/c1-20-11-5-2-4-10(8-11)19-15-12-6-3-7-13(16)14(12)17-9-18-15/h2-9H,1H3,(H,17,18,19). The van der Waals surface area contributed by atoms with Crippen molar-refractivity contribution in [3.8, 4) is 5.75 Å². The van der Waals surface area contributed by atoms with Crippen molar-refractivity contribution in [3.63, 3.8) is 0 Å². The summed E-state index contributed by atoms with van der Waals surface area (Å²) in [6.45, 7) is 0. The third kappa shape index (κ3) is 2.44. The van der Waals surface area contributed by atoms with Gasteiger partial charge in [0.25, 0.3) is 0 Å². The lowest BCUT2D eigenvalue weighted by atomic mass is 10.2. The van der Waals surface area contributed by atoms with Gasteiger partial charge in [0.05, 0.1) is 12.6 Å². The summed E-state index contributed by atoms with van der Waals surface area (Å²) in [6.07, 6.45) is 1.55. The van der Waals surface area contributed by atoms with Crippen LogP contribution in [-0.2, 0) is 0 Å². The van der Waals surface area contributed by atoms with Gasteiger partial charge in [-0.1, -0.05) is 12.1 Å². The molecule has 0 aliphatic carbocycles. The van der Waals surface area contributed by atoms with Crippen LogP contribution in [0.3, 0.4) is 0 Å². The van der Waals surface area contributed by atoms with Crippen LogP contribution in [0.4, 0.5) is 11.5 Å². The number of nitrogens with zero attached hydrogens (tertiary/aromatic N) is 2. The molecule has 1 heterocycles. The van der Waals surface area contributed by atoms with Gasteiger partial charge in [0.2, 0.25) is 0 Å². The molecule has 1 N–H and O–H groups in total. The summed E-state index contributed by atoms with van der Waals surface area (Å²) < 4.78 is 6.17. The zero-order valence-electron chi connectivity index (χ0n) is 10.8. The highest BCUT2D eigenvalue weighted by Crippen LogP contribution is 2.28. The average Bonchev–Trinajstić information content (AvgIpc) is 2.49. The number of rotatable bonds is 3. The molecule has 100 valence electrons. The largest absolute Gasteiger partial charge is 0.497 e. The van der Waals surface area contributed by atoms with Crippen LogP contribution in [0.1, 0.15) is 0 Å². The first-order valence-corrected chi connectivity index (χ1v) is 6.87. The normalized spacial score (nSPS) is 10.5. The molecule has 0 radical (unpaired) electrons. The molecule has 4 nitrogen and oxygen atoms in total. The number of anilines is 2. The molecule has 0 aliphatic heterocycles. The van der Waals surface area contributed by atoms with Crippen LogP contribution in [-0.4, -0.2) is 17.1 Å². The molecule has 2 aromatic carbocycles. The van der Waals surface area contributed by atoms with Gasteiger partial charge in [0.1, 0.15) is 17.9 Å². The van der Waals surface area contributed by atoms with Crippen molar-refractivity contribution in [2.75, 3.05) is 12.4 Å². The van der Waals surface area contributed by atoms with Crippen molar-refractivity contribution in [1.82, 2.24) is 9.97 Å². The fourth-order valence-corrected chi connectivity index (χ4v) is 2.46. The number of hydrogen-bond acceptors (Lipinski definition) is 4. The topological polar surface area (TPSA) is 47.0 Å². The van der Waals surface area contributed by atoms with Crippen molar-refractivity contribution in [1.29, 1.82) is 0 Å². The van der Waals surface area contributed by atoms with E-state index in [9.17, 15) is 0 Å². The molecule has 5 heteroatoms. The number of para-hydroxylation sites is 1. The number of fused-ring (bicyclic) bond motifs is 1. The lowest BCUT2D eigenvalue weighted by Gasteiger charge is -2.09. The van der Waals surface area contributed by atoms with E-state index in [-0.39, 0.29) is 0 Å². The lowest BCUT2D eigenvalue weighted by molar-refractivity contribution is 0.415. The molecule has 0 saturated heterocycles. The Balaban J connectivity index is 2.04. The van der Waals surface area contributed by atoms with Crippen LogP contribution in [0.2, 0.25) is 0 Å². The summed E-state index contributed by atoms with van der Waals surface area (Å²) in [4.78, 5) is 8.61. The number of halogens is 1. The maximum atomic E-state index is 5.22. The van der Waals surface area contributed by atoms with Gasteiger partial charge >= 0.3 is 0 Å². The lowest BCUT2D eigenvalue weighted by Crippen LogP contribution is -1.96. The Morgan fingerprint density at radius 3 is 2.80 bits per heavy atom. The van der Waals surface area contributed by atoms with Crippen molar-refractivity contribution >= 4 is 38.3 Å². The molecular formula is C15H12BrN3O. The highest BCUT2D eigenvalue weighted by atomic mass is 79.9. The summed E-state index contributed by atoms with van der Waals surface area (Å²) >= 11 is 3.50. The van der Waals surface area contributed by atoms with Crippen LogP contribution in [0.25, 0.3) is 10.9 Å². The molecule has 0 unspecified atom stereocenters. The van der Waals surface area contributed by atoms with Crippen LogP contribution >= 0.6 is 15.9 Å². The molecule has 0 bridgehead atoms. The van der Waals surface area contributed by atoms with Gasteiger partial charge < -0.3 is 10.1 Å². The van der Waals surface area contributed by atoms with E-state index in [4.69, 9.17) is 4.74 Å². The second kappa shape index (κ2) is 5.46. The second-order valence-electron chi connectivity index (χ2n) is 4.22. The van der Waals surface area contributed by atoms with Gasteiger partial charge in [-0.15, -0.1) is 0 Å². The third-order valence-electron chi connectivity index (χ3n) is 2.95. The SMILES string of the molecule is COc1cccc(Nc2ncnc3c(Br)cccc23)c1. The first-order valence-electron chi connectivity index (χ1n) is 6.08. The van der Waals surface area contributed by atoms with Gasteiger partial charge in [0.15, 0.2) is 0 Å². The number of benzene rings is 2. The van der Waals surface area contributed by atoms with Crippen molar-refractivity contribution in [3.05, 3.63) is 53.3 Å². The molecule has 1 aromatic heterocycles. The Labute approximate surface area is 125 Å². The Kier molecular flexibility index (Phi) is 3.52. The monoisotopic (exact) mass is 329 g/mol. The number of hydrogen-bond donors (Lipinski definition) is 1. The van der Waals surface area contributed by atoms with E-state index in [1.807, 2.05) is 42.5 Å². The minimum Gasteiger partial charge on any atom is -0.497 e. The number of aromatic nitrogens is 2. The van der Waals surface area contributed by atoms with Crippen LogP contribution in [0, 0.1) is 0 Å². The summed E-state index contributed by atoms with van der Waals surface area (Å²) in [7, 11) is 1.65. The second-order valence-corrected chi connectivity index (χ2v) is 5.07. The van der Waals surface area contributed by atoms with E-state index in [0.717, 1.165) is 32.6 Å². The van der Waals surface area contributed by atoms with Gasteiger partial charge in [-0.25, -0.2) is 9.97 Å². The van der Waals surface area contributed by atoms with E-state index in [2.05, 4.69) is 31.2 Å². The summed E-state index contributed by atoms with van der Waals surface area (Å²) in [5.41, 5.74) is 1.80. The molecule has 0 aliphatic rings. The van der Waals surface area contributed by atoms with Crippen LogP contribution < -0.4 is 10.1 Å². The highest BCUT2D eigenvalue weighted by Gasteiger charge is 2.06. The van der Waals surface area contributed by atoms with Crippen LogP contribution in [0.15, 0.2) is 53.3 Å². The average molecular weight is 330 g/mol. The van der Waals surface area contributed by atoms with Gasteiger partial charge in [-0.2, -0.15) is 0 Å². The third-order valence-corrected chi connectivity index (χ3v) is 3.59. The number of methoxy groups -OCH3 is 1. The van der Waals surface area contributed by atoms with E-state index in [1.165, 1.54) is 0 Å². The van der Waals surface area contributed by atoms with Crippen molar-refractivity contribution in [2.24, 2.45) is 0 Å². The molecule has 3 aromatic rings. The zero-order valence-corrected chi connectivity index (χ0v) is 12.4. The van der Waals surface area contributed by atoms with Crippen molar-refractivity contribution < 1.29 is 4.74 Å². The molecule has 0 fully saturated rings. The Morgan fingerprint density at radius 2 is 1.95 bits per heavy atom. The number of ether oxygens (including phenoxy) is 1.